The number of carbonyl (C=O) groups excluding carboxylic acids is 1. The summed E-state index contributed by atoms with van der Waals surface area (Å²) in [5, 5.41) is 43.4. The summed E-state index contributed by atoms with van der Waals surface area (Å²) in [5.74, 6) is -0.601. The maximum Gasteiger partial charge on any atom is 0.249 e. The molecular weight excluding hydrogens is 695 g/mol. The number of hydrogen-bond acceptors (Lipinski definition) is 5. The summed E-state index contributed by atoms with van der Waals surface area (Å²) in [7, 11) is 0. The van der Waals surface area contributed by atoms with Gasteiger partial charge >= 0.3 is 0 Å². The first-order valence-electron chi connectivity index (χ1n) is 24.0. The second-order valence-electron chi connectivity index (χ2n) is 16.4. The van der Waals surface area contributed by atoms with Gasteiger partial charge in [0.25, 0.3) is 0 Å². The molecule has 0 aliphatic rings. The van der Waals surface area contributed by atoms with E-state index in [9.17, 15) is 25.2 Å². The lowest BCUT2D eigenvalue weighted by atomic mass is 10.00. The van der Waals surface area contributed by atoms with Crippen LogP contribution in [0, 0.1) is 0 Å². The van der Waals surface area contributed by atoms with Crippen LogP contribution in [0.3, 0.4) is 0 Å². The molecule has 0 aromatic rings. The van der Waals surface area contributed by atoms with E-state index in [0.29, 0.717) is 19.3 Å². The Morgan fingerprint density at radius 1 is 0.482 bits per heavy atom. The summed E-state index contributed by atoms with van der Waals surface area (Å²) in [6.45, 7) is 3.79. The van der Waals surface area contributed by atoms with Gasteiger partial charge in [0.2, 0.25) is 5.91 Å². The van der Waals surface area contributed by atoms with E-state index < -0.39 is 36.9 Å². The molecule has 328 valence electrons. The van der Waals surface area contributed by atoms with E-state index in [-0.39, 0.29) is 0 Å². The van der Waals surface area contributed by atoms with Crippen LogP contribution >= 0.6 is 0 Å². The number of amides is 1. The van der Waals surface area contributed by atoms with Gasteiger partial charge in [-0.3, -0.25) is 4.79 Å². The van der Waals surface area contributed by atoms with Crippen molar-refractivity contribution in [2.75, 3.05) is 6.61 Å². The molecule has 6 heteroatoms. The summed E-state index contributed by atoms with van der Waals surface area (Å²) in [4.78, 5) is 12.5. The molecule has 0 aliphatic heterocycles. The fraction of sp³-hybridized carbons (Fsp3) is 0.820. The van der Waals surface area contributed by atoms with Crippen molar-refractivity contribution < 1.29 is 25.2 Å². The van der Waals surface area contributed by atoms with E-state index in [2.05, 4.69) is 54.8 Å². The quantitative estimate of drug-likeness (QED) is 0.0312. The molecule has 4 atom stereocenters. The Kier molecular flexibility index (Phi) is 43.0. The predicted molar refractivity (Wildman–Crippen MR) is 242 cm³/mol. The Hall–Kier alpha value is -1.73. The zero-order valence-electron chi connectivity index (χ0n) is 36.9. The number of aliphatic hydroxyl groups excluding tert-OH is 4. The van der Waals surface area contributed by atoms with Crippen molar-refractivity contribution in [3.63, 3.8) is 0 Å². The highest BCUT2D eigenvalue weighted by Gasteiger charge is 2.28. The topological polar surface area (TPSA) is 110 Å². The Bertz CT molecular complexity index is 930. The molecule has 4 unspecified atom stereocenters. The first-order chi connectivity index (χ1) is 27.5. The average Bonchev–Trinajstić information content (AvgIpc) is 3.20. The Morgan fingerprint density at radius 2 is 0.875 bits per heavy atom. The van der Waals surface area contributed by atoms with Crippen LogP contribution in [-0.4, -0.2) is 57.3 Å². The summed E-state index contributed by atoms with van der Waals surface area (Å²) in [5.41, 5.74) is 0. The smallest absolute Gasteiger partial charge is 0.249 e. The van der Waals surface area contributed by atoms with Crippen molar-refractivity contribution in [3.05, 3.63) is 48.6 Å². The van der Waals surface area contributed by atoms with Gasteiger partial charge in [-0.15, -0.1) is 0 Å². The zero-order valence-corrected chi connectivity index (χ0v) is 36.9. The van der Waals surface area contributed by atoms with Crippen LogP contribution in [0.1, 0.15) is 232 Å². The molecule has 0 aromatic heterocycles. The fourth-order valence-electron chi connectivity index (χ4n) is 7.28. The van der Waals surface area contributed by atoms with Crippen LogP contribution < -0.4 is 5.32 Å². The number of unbranched alkanes of at least 4 members (excludes halogenated alkanes) is 27. The van der Waals surface area contributed by atoms with Crippen molar-refractivity contribution in [2.24, 2.45) is 0 Å². The lowest BCUT2D eigenvalue weighted by Gasteiger charge is -2.27. The van der Waals surface area contributed by atoms with Crippen LogP contribution in [0.2, 0.25) is 0 Å². The SMILES string of the molecule is C/C=C/CC/C=C/CCCC(O)C(O)C(CO)NC(=O)C(O)CCCCCCCCCCCCCCCCCC/C=C\C/C=C\CCCCCCCCCCC. The molecular formula is C50H93NO5. The number of carbonyl (C=O) groups is 1. The summed E-state index contributed by atoms with van der Waals surface area (Å²) < 4.78 is 0. The Morgan fingerprint density at radius 3 is 1.34 bits per heavy atom. The Labute approximate surface area is 347 Å². The van der Waals surface area contributed by atoms with E-state index in [4.69, 9.17) is 0 Å². The molecule has 0 aromatic carbocycles. The lowest BCUT2D eigenvalue weighted by Crippen LogP contribution is -2.53. The molecule has 0 bridgehead atoms. The number of nitrogens with one attached hydrogen (secondary N) is 1. The van der Waals surface area contributed by atoms with Crippen molar-refractivity contribution >= 4 is 5.91 Å². The minimum atomic E-state index is -1.29. The fourth-order valence-corrected chi connectivity index (χ4v) is 7.28. The number of aliphatic hydroxyl groups is 4. The van der Waals surface area contributed by atoms with Gasteiger partial charge in [0, 0.05) is 0 Å². The van der Waals surface area contributed by atoms with Crippen molar-refractivity contribution in [1.29, 1.82) is 0 Å². The third-order valence-corrected chi connectivity index (χ3v) is 11.1. The molecule has 0 radical (unpaired) electrons. The molecule has 1 amide bonds. The lowest BCUT2D eigenvalue weighted by molar-refractivity contribution is -0.132. The van der Waals surface area contributed by atoms with Crippen molar-refractivity contribution in [3.8, 4) is 0 Å². The van der Waals surface area contributed by atoms with E-state index >= 15 is 0 Å². The third-order valence-electron chi connectivity index (χ3n) is 11.1. The largest absolute Gasteiger partial charge is 0.394 e. The van der Waals surface area contributed by atoms with Crippen molar-refractivity contribution in [2.45, 2.75) is 257 Å². The maximum atomic E-state index is 12.5. The van der Waals surface area contributed by atoms with Crippen LogP contribution in [-0.2, 0) is 4.79 Å². The van der Waals surface area contributed by atoms with E-state index in [1.54, 1.807) is 0 Å². The number of allylic oxidation sites excluding steroid dienone is 8. The van der Waals surface area contributed by atoms with E-state index in [0.717, 1.165) is 44.9 Å². The Balaban J connectivity index is 3.56. The van der Waals surface area contributed by atoms with Gasteiger partial charge in [-0.1, -0.05) is 203 Å². The van der Waals surface area contributed by atoms with Gasteiger partial charge in [-0.05, 0) is 77.6 Å². The van der Waals surface area contributed by atoms with Gasteiger partial charge in [-0.25, -0.2) is 0 Å². The molecule has 5 N–H and O–H groups in total. The normalized spacial score (nSPS) is 14.5. The minimum absolute atomic E-state index is 0.359. The number of rotatable bonds is 43. The standard InChI is InChI=1S/C50H93NO5/c1-3-5-7-9-11-13-14-15-16-17-18-19-20-21-22-23-24-25-26-27-28-29-30-31-32-33-34-35-36-38-40-42-44-48(54)50(56)51-46(45-52)49(55)47(53)43-41-39-37-12-10-8-6-4-2/h4,6,12,18-19,21-22,37,46-49,52-55H,3,5,7-11,13-17,20,23-36,38-45H2,1-2H3,(H,51,56)/b6-4+,19-18-,22-21-,37-12+. The first-order valence-corrected chi connectivity index (χ1v) is 24.0. The predicted octanol–water partition coefficient (Wildman–Crippen LogP) is 13.1. The number of hydrogen-bond donors (Lipinski definition) is 5. The monoisotopic (exact) mass is 788 g/mol. The van der Waals surface area contributed by atoms with Gasteiger partial charge in [0.1, 0.15) is 12.2 Å². The molecule has 0 saturated carbocycles. The molecule has 0 aliphatic carbocycles. The van der Waals surface area contributed by atoms with Gasteiger partial charge in [0.05, 0.1) is 18.8 Å². The second-order valence-corrected chi connectivity index (χ2v) is 16.4. The highest BCUT2D eigenvalue weighted by molar-refractivity contribution is 5.80. The third kappa shape index (κ3) is 37.8. The van der Waals surface area contributed by atoms with E-state index in [1.807, 2.05) is 13.0 Å². The van der Waals surface area contributed by atoms with Gasteiger partial charge in [0.15, 0.2) is 0 Å². The average molecular weight is 788 g/mol. The first kappa shape index (κ1) is 54.3. The summed E-state index contributed by atoms with van der Waals surface area (Å²) in [6.07, 6.45) is 55.0. The second kappa shape index (κ2) is 44.4. The molecule has 0 saturated heterocycles. The molecule has 56 heavy (non-hydrogen) atoms. The molecule has 0 rings (SSSR count). The molecule has 6 nitrogen and oxygen atoms in total. The zero-order chi connectivity index (χ0) is 41.0. The van der Waals surface area contributed by atoms with E-state index in [1.165, 1.54) is 154 Å². The van der Waals surface area contributed by atoms with Crippen LogP contribution in [0.25, 0.3) is 0 Å². The van der Waals surface area contributed by atoms with Crippen LogP contribution in [0.4, 0.5) is 0 Å². The highest BCUT2D eigenvalue weighted by Crippen LogP contribution is 2.16. The highest BCUT2D eigenvalue weighted by atomic mass is 16.3. The maximum absolute atomic E-state index is 12.5. The molecule has 0 heterocycles. The minimum Gasteiger partial charge on any atom is -0.394 e. The molecule has 0 fully saturated rings. The summed E-state index contributed by atoms with van der Waals surface area (Å²) >= 11 is 0. The van der Waals surface area contributed by atoms with Crippen LogP contribution in [0.15, 0.2) is 48.6 Å². The summed E-state index contributed by atoms with van der Waals surface area (Å²) in [6, 6.07) is -1.01. The molecule has 0 spiro atoms. The van der Waals surface area contributed by atoms with Crippen LogP contribution in [0.5, 0.6) is 0 Å². The van der Waals surface area contributed by atoms with Gasteiger partial charge < -0.3 is 25.7 Å². The van der Waals surface area contributed by atoms with Crippen molar-refractivity contribution in [1.82, 2.24) is 5.32 Å². The van der Waals surface area contributed by atoms with Gasteiger partial charge in [-0.2, -0.15) is 0 Å².